The summed E-state index contributed by atoms with van der Waals surface area (Å²) in [6.45, 7) is 0. The molecule has 2 aliphatic carbocycles. The van der Waals surface area contributed by atoms with Crippen molar-refractivity contribution in [3.05, 3.63) is 28.8 Å². The van der Waals surface area contributed by atoms with Crippen LogP contribution in [0.1, 0.15) is 48.9 Å². The van der Waals surface area contributed by atoms with E-state index in [-0.39, 0.29) is 23.8 Å². The van der Waals surface area contributed by atoms with Crippen molar-refractivity contribution < 1.29 is 19.5 Å². The molecule has 1 aromatic rings. The highest BCUT2D eigenvalue weighted by molar-refractivity contribution is 6.34. The van der Waals surface area contributed by atoms with Crippen molar-refractivity contribution in [3.63, 3.8) is 0 Å². The highest BCUT2D eigenvalue weighted by Gasteiger charge is 2.31. The Labute approximate surface area is 150 Å². The van der Waals surface area contributed by atoms with Gasteiger partial charge in [-0.05, 0) is 50.3 Å². The van der Waals surface area contributed by atoms with E-state index in [4.69, 9.17) is 16.7 Å². The molecule has 134 valence electrons. The van der Waals surface area contributed by atoms with Crippen molar-refractivity contribution >= 4 is 35.1 Å². The average Bonchev–Trinajstić information content (AvgIpc) is 3.40. The number of carboxylic acids is 1. The molecule has 2 aliphatic rings. The van der Waals surface area contributed by atoms with Crippen LogP contribution in [0.3, 0.4) is 0 Å². The molecular weight excluding hydrogens is 344 g/mol. The fraction of sp³-hybridized carbons (Fsp3) is 0.500. The van der Waals surface area contributed by atoms with E-state index in [1.807, 2.05) is 0 Å². The zero-order valence-corrected chi connectivity index (χ0v) is 14.5. The first-order chi connectivity index (χ1) is 11.9. The minimum Gasteiger partial charge on any atom is -0.481 e. The third-order valence-corrected chi connectivity index (χ3v) is 5.11. The van der Waals surface area contributed by atoms with Gasteiger partial charge in [-0.3, -0.25) is 14.4 Å². The van der Waals surface area contributed by atoms with Gasteiger partial charge in [-0.25, -0.2) is 0 Å². The number of anilines is 1. The Morgan fingerprint density at radius 3 is 2.48 bits per heavy atom. The van der Waals surface area contributed by atoms with Crippen LogP contribution in [0.4, 0.5) is 5.69 Å². The van der Waals surface area contributed by atoms with Gasteiger partial charge in [-0.1, -0.05) is 18.0 Å². The molecule has 0 bridgehead atoms. The van der Waals surface area contributed by atoms with Crippen LogP contribution >= 0.6 is 11.6 Å². The fourth-order valence-electron chi connectivity index (χ4n) is 3.16. The number of hydrogen-bond donors (Lipinski definition) is 3. The molecule has 0 aliphatic heterocycles. The lowest BCUT2D eigenvalue weighted by Crippen LogP contribution is -2.31. The molecule has 1 aromatic carbocycles. The van der Waals surface area contributed by atoms with Crippen LogP contribution in [0.25, 0.3) is 0 Å². The highest BCUT2D eigenvalue weighted by atomic mass is 35.5. The summed E-state index contributed by atoms with van der Waals surface area (Å²) in [4.78, 5) is 35.8. The van der Waals surface area contributed by atoms with Gasteiger partial charge in [0.25, 0.3) is 5.91 Å². The first kappa shape index (κ1) is 17.7. The summed E-state index contributed by atoms with van der Waals surface area (Å²) in [5.41, 5.74) is 0.825. The van der Waals surface area contributed by atoms with Gasteiger partial charge in [0.05, 0.1) is 16.5 Å². The first-order valence-electron chi connectivity index (χ1n) is 8.58. The van der Waals surface area contributed by atoms with Crippen molar-refractivity contribution in [2.24, 2.45) is 11.8 Å². The molecule has 0 spiro atoms. The summed E-state index contributed by atoms with van der Waals surface area (Å²) >= 11 is 6.10. The van der Waals surface area contributed by atoms with Crippen LogP contribution < -0.4 is 10.6 Å². The Bertz CT molecular complexity index is 702. The van der Waals surface area contributed by atoms with Crippen LogP contribution in [0.5, 0.6) is 0 Å². The Morgan fingerprint density at radius 2 is 1.80 bits per heavy atom. The van der Waals surface area contributed by atoms with E-state index in [1.165, 1.54) is 0 Å². The SMILES string of the molecule is O=C(NC1CC1)c1cc(NC(=O)C2CCCC(C(=O)O)C2)ccc1Cl. The maximum atomic E-state index is 12.5. The maximum absolute atomic E-state index is 12.5. The van der Waals surface area contributed by atoms with E-state index in [2.05, 4.69) is 10.6 Å². The number of hydrogen-bond acceptors (Lipinski definition) is 3. The zero-order valence-electron chi connectivity index (χ0n) is 13.8. The monoisotopic (exact) mass is 364 g/mol. The molecule has 25 heavy (non-hydrogen) atoms. The molecule has 2 saturated carbocycles. The van der Waals surface area contributed by atoms with Crippen molar-refractivity contribution in [2.75, 3.05) is 5.32 Å². The summed E-state index contributed by atoms with van der Waals surface area (Å²) in [5, 5.41) is 15.1. The molecule has 2 fully saturated rings. The summed E-state index contributed by atoms with van der Waals surface area (Å²) in [5.74, 6) is -2.08. The zero-order chi connectivity index (χ0) is 18.0. The lowest BCUT2D eigenvalue weighted by Gasteiger charge is -2.25. The Hall–Kier alpha value is -2.08. The van der Waals surface area contributed by atoms with Gasteiger partial charge in [0.1, 0.15) is 0 Å². The van der Waals surface area contributed by atoms with Gasteiger partial charge in [-0.2, -0.15) is 0 Å². The van der Waals surface area contributed by atoms with E-state index in [1.54, 1.807) is 18.2 Å². The Kier molecular flexibility index (Phi) is 5.27. The van der Waals surface area contributed by atoms with Crippen LogP contribution in [-0.2, 0) is 9.59 Å². The van der Waals surface area contributed by atoms with E-state index in [0.717, 1.165) is 19.3 Å². The number of benzene rings is 1. The van der Waals surface area contributed by atoms with Crippen molar-refractivity contribution in [3.8, 4) is 0 Å². The molecule has 2 atom stereocenters. The van der Waals surface area contributed by atoms with E-state index >= 15 is 0 Å². The molecule has 2 amide bonds. The predicted octanol–water partition coefficient (Wildman–Crippen LogP) is 3.06. The smallest absolute Gasteiger partial charge is 0.306 e. The van der Waals surface area contributed by atoms with Gasteiger partial charge >= 0.3 is 5.97 Å². The lowest BCUT2D eigenvalue weighted by molar-refractivity contribution is -0.143. The van der Waals surface area contributed by atoms with Crippen molar-refractivity contribution in [2.45, 2.75) is 44.6 Å². The summed E-state index contributed by atoms with van der Waals surface area (Å²) in [7, 11) is 0. The molecule has 3 N–H and O–H groups in total. The van der Waals surface area contributed by atoms with Crippen LogP contribution in [0.15, 0.2) is 18.2 Å². The second-order valence-corrected chi connectivity index (χ2v) is 7.24. The molecule has 0 saturated heterocycles. The van der Waals surface area contributed by atoms with Crippen LogP contribution in [0.2, 0.25) is 5.02 Å². The Balaban J connectivity index is 1.66. The van der Waals surface area contributed by atoms with Gasteiger partial charge in [-0.15, -0.1) is 0 Å². The molecule has 0 aromatic heterocycles. The number of aliphatic carboxylic acids is 1. The quantitative estimate of drug-likeness (QED) is 0.748. The first-order valence-corrected chi connectivity index (χ1v) is 8.96. The molecule has 3 rings (SSSR count). The number of carbonyl (C=O) groups is 3. The molecule has 0 radical (unpaired) electrons. The van der Waals surface area contributed by atoms with Gasteiger partial charge in [0.2, 0.25) is 5.91 Å². The second kappa shape index (κ2) is 7.44. The van der Waals surface area contributed by atoms with Gasteiger partial charge in [0, 0.05) is 17.6 Å². The third-order valence-electron chi connectivity index (χ3n) is 4.79. The van der Waals surface area contributed by atoms with E-state index in [9.17, 15) is 14.4 Å². The number of rotatable bonds is 5. The number of carboxylic acid groups (broad SMARTS) is 1. The topological polar surface area (TPSA) is 95.5 Å². The van der Waals surface area contributed by atoms with E-state index < -0.39 is 11.9 Å². The highest BCUT2D eigenvalue weighted by Crippen LogP contribution is 2.30. The fourth-order valence-corrected chi connectivity index (χ4v) is 3.37. The Morgan fingerprint density at radius 1 is 1.08 bits per heavy atom. The van der Waals surface area contributed by atoms with Crippen molar-refractivity contribution in [1.82, 2.24) is 5.32 Å². The van der Waals surface area contributed by atoms with Gasteiger partial charge in [0.15, 0.2) is 0 Å². The number of amides is 2. The third kappa shape index (κ3) is 4.51. The lowest BCUT2D eigenvalue weighted by atomic mass is 9.81. The van der Waals surface area contributed by atoms with Crippen LogP contribution in [-0.4, -0.2) is 28.9 Å². The van der Waals surface area contributed by atoms with Crippen LogP contribution in [0, 0.1) is 11.8 Å². The van der Waals surface area contributed by atoms with E-state index in [0.29, 0.717) is 35.5 Å². The van der Waals surface area contributed by atoms with Gasteiger partial charge < -0.3 is 15.7 Å². The molecule has 0 heterocycles. The normalized spacial score (nSPS) is 22.9. The largest absolute Gasteiger partial charge is 0.481 e. The summed E-state index contributed by atoms with van der Waals surface area (Å²) < 4.78 is 0. The average molecular weight is 365 g/mol. The predicted molar refractivity (Wildman–Crippen MR) is 93.7 cm³/mol. The molecular formula is C18H21ClN2O4. The maximum Gasteiger partial charge on any atom is 0.306 e. The standard InChI is InChI=1S/C18H21ClN2O4/c19-15-7-6-13(9-14(15)17(23)20-12-4-5-12)21-16(22)10-2-1-3-11(8-10)18(24)25/h6-7,9-12H,1-5,8H2,(H,20,23)(H,21,22)(H,24,25). The number of nitrogens with one attached hydrogen (secondary N) is 2. The molecule has 6 nitrogen and oxygen atoms in total. The number of halogens is 1. The second-order valence-electron chi connectivity index (χ2n) is 6.83. The number of carbonyl (C=O) groups excluding carboxylic acids is 2. The minimum absolute atomic E-state index is 0.207. The van der Waals surface area contributed by atoms with Crippen molar-refractivity contribution in [1.29, 1.82) is 0 Å². The summed E-state index contributed by atoms with van der Waals surface area (Å²) in [6, 6.07) is 5.01. The minimum atomic E-state index is -0.844. The molecule has 7 heteroatoms. The molecule has 2 unspecified atom stereocenters. The summed E-state index contributed by atoms with van der Waals surface area (Å²) in [6.07, 6.45) is 4.33.